The van der Waals surface area contributed by atoms with E-state index in [1.807, 2.05) is 0 Å². The molecule has 0 radical (unpaired) electrons. The zero-order chi connectivity index (χ0) is 15.0. The molecule has 2 aliphatic carbocycles. The molecule has 21 heavy (non-hydrogen) atoms. The van der Waals surface area contributed by atoms with Gasteiger partial charge in [0.1, 0.15) is 0 Å². The molecule has 0 saturated heterocycles. The van der Waals surface area contributed by atoms with E-state index in [2.05, 4.69) is 5.32 Å². The third-order valence-electron chi connectivity index (χ3n) is 4.10. The molecule has 0 bridgehead atoms. The molecule has 1 N–H and O–H groups in total. The van der Waals surface area contributed by atoms with Crippen molar-refractivity contribution in [2.75, 3.05) is 13.6 Å². The summed E-state index contributed by atoms with van der Waals surface area (Å²) in [4.78, 5) is 0.336. The van der Waals surface area contributed by atoms with Gasteiger partial charge in [-0.3, -0.25) is 0 Å². The minimum absolute atomic E-state index is 0.336. The first-order valence-corrected chi connectivity index (χ1v) is 9.27. The summed E-state index contributed by atoms with van der Waals surface area (Å²) in [5, 5.41) is 3.99. The monoisotopic (exact) mass is 328 g/mol. The maximum Gasteiger partial charge on any atom is 0.242 e. The van der Waals surface area contributed by atoms with E-state index in [0.29, 0.717) is 35.0 Å². The summed E-state index contributed by atoms with van der Waals surface area (Å²) in [7, 11) is -1.75. The second kappa shape index (κ2) is 5.88. The summed E-state index contributed by atoms with van der Waals surface area (Å²) < 4.78 is 26.6. The van der Waals surface area contributed by atoms with Crippen molar-refractivity contribution in [1.29, 1.82) is 0 Å². The molecule has 0 atom stereocenters. The summed E-state index contributed by atoms with van der Waals surface area (Å²) in [5.74, 6) is 0.535. The number of hydrogen-bond donors (Lipinski definition) is 1. The molecule has 1 aromatic carbocycles. The van der Waals surface area contributed by atoms with Crippen molar-refractivity contribution in [3.8, 4) is 0 Å². The largest absolute Gasteiger partial charge is 0.310 e. The van der Waals surface area contributed by atoms with E-state index < -0.39 is 10.0 Å². The van der Waals surface area contributed by atoms with Gasteiger partial charge in [-0.25, -0.2) is 12.7 Å². The number of benzene rings is 1. The number of sulfonamides is 1. The van der Waals surface area contributed by atoms with Gasteiger partial charge < -0.3 is 5.32 Å². The summed E-state index contributed by atoms with van der Waals surface area (Å²) in [6.45, 7) is 1.24. The summed E-state index contributed by atoms with van der Waals surface area (Å²) in [6.07, 6.45) is 4.66. The molecule has 0 amide bonds. The maximum absolute atomic E-state index is 12.6. The molecule has 1 aromatic rings. The molecule has 3 rings (SSSR count). The zero-order valence-electron chi connectivity index (χ0n) is 12.2. The van der Waals surface area contributed by atoms with Gasteiger partial charge >= 0.3 is 0 Å². The first kappa shape index (κ1) is 15.3. The van der Waals surface area contributed by atoms with Crippen molar-refractivity contribution in [2.24, 2.45) is 5.92 Å². The fourth-order valence-corrected chi connectivity index (χ4v) is 3.81. The first-order chi connectivity index (χ1) is 9.96. The Bertz CT molecular complexity index is 625. The smallest absolute Gasteiger partial charge is 0.242 e. The first-order valence-electron chi connectivity index (χ1n) is 7.45. The topological polar surface area (TPSA) is 49.4 Å². The SMILES string of the molecule is CN(CC1CC1)S(=O)(=O)c1ccc(Cl)c(CNC2CC2)c1. The zero-order valence-corrected chi connectivity index (χ0v) is 13.8. The van der Waals surface area contributed by atoms with Gasteiger partial charge in [0.05, 0.1) is 4.90 Å². The predicted molar refractivity (Wildman–Crippen MR) is 83.9 cm³/mol. The summed E-state index contributed by atoms with van der Waals surface area (Å²) >= 11 is 6.18. The second-order valence-electron chi connectivity index (χ2n) is 6.14. The average molecular weight is 329 g/mol. The third kappa shape index (κ3) is 3.77. The van der Waals surface area contributed by atoms with Gasteiger partial charge in [-0.2, -0.15) is 0 Å². The van der Waals surface area contributed by atoms with Crippen LogP contribution in [0.15, 0.2) is 23.1 Å². The molecule has 0 unspecified atom stereocenters. The lowest BCUT2D eigenvalue weighted by Crippen LogP contribution is -2.29. The van der Waals surface area contributed by atoms with Gasteiger partial charge in [-0.05, 0) is 55.4 Å². The van der Waals surface area contributed by atoms with Crippen molar-refractivity contribution >= 4 is 21.6 Å². The molecular formula is C15H21ClN2O2S. The van der Waals surface area contributed by atoms with Gasteiger partial charge in [0.15, 0.2) is 0 Å². The van der Waals surface area contributed by atoms with E-state index in [1.54, 1.807) is 25.2 Å². The normalized spacial score (nSPS) is 19.2. The molecule has 2 saturated carbocycles. The van der Waals surface area contributed by atoms with Crippen LogP contribution < -0.4 is 5.32 Å². The van der Waals surface area contributed by atoms with Crippen LogP contribution in [0.4, 0.5) is 0 Å². The van der Waals surface area contributed by atoms with E-state index in [9.17, 15) is 8.42 Å². The minimum Gasteiger partial charge on any atom is -0.310 e. The van der Waals surface area contributed by atoms with Crippen molar-refractivity contribution in [3.05, 3.63) is 28.8 Å². The molecule has 0 spiro atoms. The maximum atomic E-state index is 12.6. The molecular weight excluding hydrogens is 308 g/mol. The van der Waals surface area contributed by atoms with Crippen LogP contribution in [-0.2, 0) is 16.6 Å². The van der Waals surface area contributed by atoms with Gasteiger partial charge in [0, 0.05) is 31.2 Å². The molecule has 0 aromatic heterocycles. The quantitative estimate of drug-likeness (QED) is 0.837. The standard InChI is InChI=1S/C15H21ClN2O2S/c1-18(10-11-2-3-11)21(19,20)14-6-7-15(16)12(8-14)9-17-13-4-5-13/h6-8,11,13,17H,2-5,9-10H2,1H3. The number of halogens is 1. The average Bonchev–Trinajstić information content (AvgIpc) is 3.32. The highest BCUT2D eigenvalue weighted by molar-refractivity contribution is 7.89. The van der Waals surface area contributed by atoms with Gasteiger partial charge in [0.25, 0.3) is 0 Å². The Labute approximate surface area is 131 Å². The highest BCUT2D eigenvalue weighted by atomic mass is 35.5. The number of hydrogen-bond acceptors (Lipinski definition) is 3. The Hall–Kier alpha value is -0.620. The van der Waals surface area contributed by atoms with Crippen LogP contribution in [0.25, 0.3) is 0 Å². The summed E-state index contributed by atoms with van der Waals surface area (Å²) in [6, 6.07) is 5.56. The van der Waals surface area contributed by atoms with E-state index in [0.717, 1.165) is 18.4 Å². The highest BCUT2D eigenvalue weighted by Crippen LogP contribution is 2.31. The lowest BCUT2D eigenvalue weighted by molar-refractivity contribution is 0.453. The predicted octanol–water partition coefficient (Wildman–Crippen LogP) is 2.62. The minimum atomic E-state index is -3.41. The van der Waals surface area contributed by atoms with Gasteiger partial charge in [0.2, 0.25) is 10.0 Å². The number of nitrogens with one attached hydrogen (secondary N) is 1. The fraction of sp³-hybridized carbons (Fsp3) is 0.600. The molecule has 0 heterocycles. The Morgan fingerprint density at radius 1 is 1.29 bits per heavy atom. The van der Waals surface area contributed by atoms with Crippen molar-refractivity contribution in [2.45, 2.75) is 43.2 Å². The van der Waals surface area contributed by atoms with Crippen LogP contribution in [0.3, 0.4) is 0 Å². The van der Waals surface area contributed by atoms with Crippen LogP contribution in [0, 0.1) is 5.92 Å². The van der Waals surface area contributed by atoms with Crippen LogP contribution in [-0.4, -0.2) is 32.4 Å². The molecule has 4 nitrogen and oxygen atoms in total. The van der Waals surface area contributed by atoms with Gasteiger partial charge in [-0.15, -0.1) is 0 Å². The third-order valence-corrected chi connectivity index (χ3v) is 6.28. The van der Waals surface area contributed by atoms with Crippen molar-refractivity contribution < 1.29 is 8.42 Å². The lowest BCUT2D eigenvalue weighted by Gasteiger charge is -2.18. The second-order valence-corrected chi connectivity index (χ2v) is 8.59. The molecule has 116 valence electrons. The van der Waals surface area contributed by atoms with E-state index >= 15 is 0 Å². The van der Waals surface area contributed by atoms with E-state index in [4.69, 9.17) is 11.6 Å². The number of rotatable bonds is 7. The van der Waals surface area contributed by atoms with Crippen LogP contribution >= 0.6 is 11.6 Å². The lowest BCUT2D eigenvalue weighted by atomic mass is 10.2. The van der Waals surface area contributed by atoms with E-state index in [1.165, 1.54) is 17.1 Å². The van der Waals surface area contributed by atoms with Gasteiger partial charge in [-0.1, -0.05) is 11.6 Å². The van der Waals surface area contributed by atoms with Crippen molar-refractivity contribution in [1.82, 2.24) is 9.62 Å². The molecule has 6 heteroatoms. The van der Waals surface area contributed by atoms with Crippen molar-refractivity contribution in [3.63, 3.8) is 0 Å². The fourth-order valence-electron chi connectivity index (χ4n) is 2.33. The van der Waals surface area contributed by atoms with E-state index in [-0.39, 0.29) is 0 Å². The molecule has 0 aliphatic heterocycles. The molecule has 2 fully saturated rings. The van der Waals surface area contributed by atoms with Crippen LogP contribution in [0.5, 0.6) is 0 Å². The highest BCUT2D eigenvalue weighted by Gasteiger charge is 2.29. The Balaban J connectivity index is 1.77. The summed E-state index contributed by atoms with van der Waals surface area (Å²) in [5.41, 5.74) is 0.851. The van der Waals surface area contributed by atoms with Crippen LogP contribution in [0.2, 0.25) is 5.02 Å². The Morgan fingerprint density at radius 2 is 2.00 bits per heavy atom. The Kier molecular flexibility index (Phi) is 4.28. The molecule has 2 aliphatic rings. The Morgan fingerprint density at radius 3 is 2.62 bits per heavy atom. The van der Waals surface area contributed by atoms with Crippen LogP contribution in [0.1, 0.15) is 31.2 Å². The number of nitrogens with zero attached hydrogens (tertiary/aromatic N) is 1.